The first-order valence-electron chi connectivity index (χ1n) is 7.60. The topological polar surface area (TPSA) is 15.3 Å². The highest BCUT2D eigenvalue weighted by Crippen LogP contribution is 2.23. The van der Waals surface area contributed by atoms with Crippen molar-refractivity contribution in [1.29, 1.82) is 0 Å². The largest absolute Gasteiger partial charge is 0.313 e. The van der Waals surface area contributed by atoms with Gasteiger partial charge in [-0.15, -0.1) is 0 Å². The molecule has 102 valence electrons. The third kappa shape index (κ3) is 5.39. The molecular formula is C15H32N2. The molecule has 1 aliphatic rings. The van der Waals surface area contributed by atoms with Crippen molar-refractivity contribution < 1.29 is 0 Å². The van der Waals surface area contributed by atoms with Crippen LogP contribution >= 0.6 is 0 Å². The number of likely N-dealkylation sites (N-methyl/N-ethyl adjacent to an activating group) is 1. The molecule has 1 fully saturated rings. The summed E-state index contributed by atoms with van der Waals surface area (Å²) in [5.41, 5.74) is 0. The average molecular weight is 240 g/mol. The van der Waals surface area contributed by atoms with E-state index in [9.17, 15) is 0 Å². The van der Waals surface area contributed by atoms with Crippen molar-refractivity contribution in [3.05, 3.63) is 0 Å². The van der Waals surface area contributed by atoms with Crippen LogP contribution in [0.3, 0.4) is 0 Å². The molecule has 17 heavy (non-hydrogen) atoms. The van der Waals surface area contributed by atoms with Crippen LogP contribution in [0.4, 0.5) is 0 Å². The third-order valence-electron chi connectivity index (χ3n) is 4.40. The van der Waals surface area contributed by atoms with Gasteiger partial charge in [-0.25, -0.2) is 0 Å². The molecule has 2 unspecified atom stereocenters. The van der Waals surface area contributed by atoms with E-state index in [4.69, 9.17) is 0 Å². The van der Waals surface area contributed by atoms with E-state index in [0.29, 0.717) is 0 Å². The molecular weight excluding hydrogens is 208 g/mol. The molecule has 0 spiro atoms. The van der Waals surface area contributed by atoms with E-state index in [2.05, 4.69) is 38.0 Å². The van der Waals surface area contributed by atoms with Crippen molar-refractivity contribution in [3.63, 3.8) is 0 Å². The molecule has 0 bridgehead atoms. The summed E-state index contributed by atoms with van der Waals surface area (Å²) in [6, 6.07) is 1.55. The van der Waals surface area contributed by atoms with Crippen molar-refractivity contribution in [2.24, 2.45) is 5.92 Å². The molecule has 2 atom stereocenters. The second-order valence-corrected chi connectivity index (χ2v) is 5.87. The lowest BCUT2D eigenvalue weighted by molar-refractivity contribution is 0.219. The minimum absolute atomic E-state index is 0.766. The predicted octanol–water partition coefficient (Wildman–Crippen LogP) is 3.28. The fourth-order valence-electron chi connectivity index (χ4n) is 3.16. The van der Waals surface area contributed by atoms with Gasteiger partial charge >= 0.3 is 0 Å². The van der Waals surface area contributed by atoms with E-state index >= 15 is 0 Å². The average Bonchev–Trinajstić information content (AvgIpc) is 2.30. The lowest BCUT2D eigenvalue weighted by atomic mass is 9.87. The van der Waals surface area contributed by atoms with Gasteiger partial charge < -0.3 is 10.2 Å². The van der Waals surface area contributed by atoms with Crippen LogP contribution in [0.2, 0.25) is 0 Å². The molecule has 1 N–H and O–H groups in total. The van der Waals surface area contributed by atoms with Crippen molar-refractivity contribution in [2.75, 3.05) is 20.1 Å². The molecule has 0 aromatic rings. The Balaban J connectivity index is 2.14. The van der Waals surface area contributed by atoms with E-state index in [1.54, 1.807) is 0 Å². The van der Waals surface area contributed by atoms with Gasteiger partial charge in [0.25, 0.3) is 0 Å². The van der Waals surface area contributed by atoms with Crippen LogP contribution in [0, 0.1) is 5.92 Å². The molecule has 0 saturated heterocycles. The number of hydrogen-bond acceptors (Lipinski definition) is 2. The van der Waals surface area contributed by atoms with Crippen LogP contribution in [0.5, 0.6) is 0 Å². The summed E-state index contributed by atoms with van der Waals surface area (Å²) in [7, 11) is 2.27. The highest BCUT2D eigenvalue weighted by Gasteiger charge is 2.18. The Hall–Kier alpha value is -0.0800. The maximum Gasteiger partial charge on any atom is 0.0107 e. The fraction of sp³-hybridized carbons (Fsp3) is 1.00. The molecule has 0 aromatic carbocycles. The number of hydrogen-bond donors (Lipinski definition) is 1. The summed E-state index contributed by atoms with van der Waals surface area (Å²) in [6.45, 7) is 9.33. The van der Waals surface area contributed by atoms with Gasteiger partial charge in [-0.1, -0.05) is 33.6 Å². The number of rotatable bonds is 7. The van der Waals surface area contributed by atoms with E-state index in [1.165, 1.54) is 45.1 Å². The van der Waals surface area contributed by atoms with Gasteiger partial charge in [-0.3, -0.25) is 0 Å². The van der Waals surface area contributed by atoms with Crippen molar-refractivity contribution in [3.8, 4) is 0 Å². The lowest BCUT2D eigenvalue weighted by Gasteiger charge is -2.30. The van der Waals surface area contributed by atoms with E-state index in [1.807, 2.05) is 0 Å². The summed E-state index contributed by atoms with van der Waals surface area (Å²) in [4.78, 5) is 2.51. The van der Waals surface area contributed by atoms with Crippen molar-refractivity contribution >= 4 is 0 Å². The molecule has 1 saturated carbocycles. The zero-order chi connectivity index (χ0) is 12.7. The molecule has 0 amide bonds. The molecule has 0 aromatic heterocycles. The van der Waals surface area contributed by atoms with Crippen molar-refractivity contribution in [2.45, 2.75) is 71.4 Å². The minimum Gasteiger partial charge on any atom is -0.313 e. The Bertz CT molecular complexity index is 187. The Kier molecular flexibility index (Phi) is 7.14. The van der Waals surface area contributed by atoms with Crippen LogP contribution in [-0.2, 0) is 0 Å². The Morgan fingerprint density at radius 3 is 2.53 bits per heavy atom. The van der Waals surface area contributed by atoms with E-state index in [0.717, 1.165) is 24.5 Å². The van der Waals surface area contributed by atoms with Crippen LogP contribution in [-0.4, -0.2) is 37.1 Å². The maximum absolute atomic E-state index is 3.74. The second kappa shape index (κ2) is 8.10. The fourth-order valence-corrected chi connectivity index (χ4v) is 3.16. The third-order valence-corrected chi connectivity index (χ3v) is 4.40. The number of nitrogens with zero attached hydrogens (tertiary/aromatic N) is 1. The molecule has 0 aliphatic heterocycles. The molecule has 0 heterocycles. The standard InChI is InChI=1S/C15H32N2/c1-5-15(6-2)17(4)11-10-16-14-9-7-8-13(3)12-14/h13-16H,5-12H2,1-4H3. The molecule has 1 aliphatic carbocycles. The van der Waals surface area contributed by atoms with Gasteiger partial charge in [-0.2, -0.15) is 0 Å². The zero-order valence-corrected chi connectivity index (χ0v) is 12.3. The monoisotopic (exact) mass is 240 g/mol. The summed E-state index contributed by atoms with van der Waals surface area (Å²) >= 11 is 0. The SMILES string of the molecule is CCC(CC)N(C)CCNC1CCCC(C)C1. The van der Waals surface area contributed by atoms with Crippen LogP contribution in [0.25, 0.3) is 0 Å². The highest BCUT2D eigenvalue weighted by atomic mass is 15.1. The van der Waals surface area contributed by atoms with Crippen LogP contribution in [0.15, 0.2) is 0 Å². The predicted molar refractivity (Wildman–Crippen MR) is 76.4 cm³/mol. The van der Waals surface area contributed by atoms with Gasteiger partial charge in [-0.05, 0) is 38.6 Å². The molecule has 2 nitrogen and oxygen atoms in total. The van der Waals surface area contributed by atoms with Gasteiger partial charge in [0.05, 0.1) is 0 Å². The first-order chi connectivity index (χ1) is 8.17. The molecule has 2 heteroatoms. The highest BCUT2D eigenvalue weighted by molar-refractivity contribution is 4.76. The van der Waals surface area contributed by atoms with Crippen LogP contribution in [0.1, 0.15) is 59.3 Å². The zero-order valence-electron chi connectivity index (χ0n) is 12.3. The molecule has 1 rings (SSSR count). The smallest absolute Gasteiger partial charge is 0.0107 e. The van der Waals surface area contributed by atoms with Crippen LogP contribution < -0.4 is 5.32 Å². The van der Waals surface area contributed by atoms with E-state index < -0.39 is 0 Å². The van der Waals surface area contributed by atoms with Gasteiger partial charge in [0.1, 0.15) is 0 Å². The summed E-state index contributed by atoms with van der Waals surface area (Å²) in [5, 5.41) is 3.74. The minimum atomic E-state index is 0.766. The quantitative estimate of drug-likeness (QED) is 0.735. The first kappa shape index (κ1) is 15.0. The van der Waals surface area contributed by atoms with Gasteiger partial charge in [0, 0.05) is 25.2 Å². The Morgan fingerprint density at radius 2 is 1.94 bits per heavy atom. The number of nitrogens with one attached hydrogen (secondary N) is 1. The van der Waals surface area contributed by atoms with Crippen molar-refractivity contribution in [1.82, 2.24) is 10.2 Å². The Labute approximate surface area is 108 Å². The first-order valence-corrected chi connectivity index (χ1v) is 7.60. The Morgan fingerprint density at radius 1 is 1.24 bits per heavy atom. The van der Waals surface area contributed by atoms with Gasteiger partial charge in [0.15, 0.2) is 0 Å². The van der Waals surface area contributed by atoms with E-state index in [-0.39, 0.29) is 0 Å². The summed E-state index contributed by atoms with van der Waals surface area (Å²) < 4.78 is 0. The molecule has 0 radical (unpaired) electrons. The second-order valence-electron chi connectivity index (χ2n) is 5.87. The maximum atomic E-state index is 3.74. The normalized spacial score (nSPS) is 25.8. The lowest BCUT2D eigenvalue weighted by Crippen LogP contribution is -2.41. The summed E-state index contributed by atoms with van der Waals surface area (Å²) in [6.07, 6.45) is 8.17. The van der Waals surface area contributed by atoms with Gasteiger partial charge in [0.2, 0.25) is 0 Å². The summed E-state index contributed by atoms with van der Waals surface area (Å²) in [5.74, 6) is 0.929.